The predicted octanol–water partition coefficient (Wildman–Crippen LogP) is 3.10. The summed E-state index contributed by atoms with van der Waals surface area (Å²) in [5.74, 6) is 0.555. The van der Waals surface area contributed by atoms with E-state index in [1.165, 1.54) is 0 Å². The molecule has 0 aliphatic rings. The summed E-state index contributed by atoms with van der Waals surface area (Å²) in [7, 11) is 1.61. The Labute approximate surface area is 134 Å². The summed E-state index contributed by atoms with van der Waals surface area (Å²) in [6.45, 7) is 2.16. The number of ether oxygens (including phenoxy) is 1. The third-order valence-corrected chi connectivity index (χ3v) is 3.90. The molecule has 0 unspecified atom stereocenters. The summed E-state index contributed by atoms with van der Waals surface area (Å²) < 4.78 is 5.14. The number of methoxy groups -OCH3 is 1. The molecule has 0 fully saturated rings. The molecule has 2 N–H and O–H groups in total. The summed E-state index contributed by atoms with van der Waals surface area (Å²) in [6, 6.07) is 11.4. The van der Waals surface area contributed by atoms with Gasteiger partial charge < -0.3 is 10.1 Å². The average molecular weight is 317 g/mol. The smallest absolute Gasteiger partial charge is 0.259 e. The van der Waals surface area contributed by atoms with Crippen molar-refractivity contribution in [2.24, 2.45) is 5.10 Å². The number of hydrazone groups is 1. The van der Waals surface area contributed by atoms with E-state index in [-0.39, 0.29) is 12.5 Å². The molecule has 6 heteroatoms. The number of rotatable bonds is 7. The van der Waals surface area contributed by atoms with Crippen LogP contribution >= 0.6 is 11.3 Å². The molecule has 1 amide bonds. The van der Waals surface area contributed by atoms with E-state index in [2.05, 4.69) is 15.8 Å². The van der Waals surface area contributed by atoms with Gasteiger partial charge in [-0.1, -0.05) is 19.1 Å². The van der Waals surface area contributed by atoms with Crippen LogP contribution in [0.15, 0.2) is 46.9 Å². The molecule has 1 aromatic heterocycles. The second-order valence-corrected chi connectivity index (χ2v) is 5.46. The van der Waals surface area contributed by atoms with Crippen molar-refractivity contribution in [2.75, 3.05) is 19.0 Å². The maximum atomic E-state index is 11.9. The summed E-state index contributed by atoms with van der Waals surface area (Å²) in [6.07, 6.45) is 0.768. The van der Waals surface area contributed by atoms with Gasteiger partial charge in [-0.3, -0.25) is 4.79 Å². The Morgan fingerprint density at radius 3 is 2.86 bits per heavy atom. The Morgan fingerprint density at radius 1 is 1.32 bits per heavy atom. The van der Waals surface area contributed by atoms with Crippen LogP contribution < -0.4 is 15.5 Å². The average Bonchev–Trinajstić information content (AvgIpc) is 3.08. The predicted molar refractivity (Wildman–Crippen MR) is 90.8 cm³/mol. The van der Waals surface area contributed by atoms with Crippen LogP contribution in [-0.2, 0) is 4.79 Å². The van der Waals surface area contributed by atoms with Crippen LogP contribution in [0.4, 0.5) is 5.69 Å². The van der Waals surface area contributed by atoms with E-state index in [4.69, 9.17) is 4.74 Å². The van der Waals surface area contributed by atoms with Gasteiger partial charge in [0.2, 0.25) is 0 Å². The standard InChI is InChI=1S/C16H19N3O2S/c1-3-14(15-8-5-9-22-15)18-19-16(20)11-17-12-6-4-7-13(10-12)21-2/h4-10,17H,3,11H2,1-2H3,(H,19,20)/b18-14-. The van der Waals surface area contributed by atoms with Gasteiger partial charge in [0.1, 0.15) is 5.75 Å². The number of benzene rings is 1. The third-order valence-electron chi connectivity index (χ3n) is 2.98. The molecule has 1 heterocycles. The molecule has 0 atom stereocenters. The summed E-state index contributed by atoms with van der Waals surface area (Å²) in [5.41, 5.74) is 4.29. The summed E-state index contributed by atoms with van der Waals surface area (Å²) in [5, 5.41) is 9.22. The minimum absolute atomic E-state index is 0.151. The number of carbonyl (C=O) groups is 1. The molecule has 22 heavy (non-hydrogen) atoms. The van der Waals surface area contributed by atoms with Crippen molar-refractivity contribution in [3.8, 4) is 5.75 Å². The number of amides is 1. The number of carbonyl (C=O) groups excluding carboxylic acids is 1. The van der Waals surface area contributed by atoms with E-state index in [0.717, 1.165) is 28.4 Å². The van der Waals surface area contributed by atoms with Crippen molar-refractivity contribution >= 4 is 28.6 Å². The molecular weight excluding hydrogens is 298 g/mol. The Bertz CT molecular complexity index is 639. The highest BCUT2D eigenvalue weighted by molar-refractivity contribution is 7.12. The lowest BCUT2D eigenvalue weighted by Crippen LogP contribution is -2.27. The van der Waals surface area contributed by atoms with E-state index in [1.54, 1.807) is 18.4 Å². The number of hydrogen-bond acceptors (Lipinski definition) is 5. The number of nitrogens with zero attached hydrogens (tertiary/aromatic N) is 1. The second kappa shape index (κ2) is 8.19. The van der Waals surface area contributed by atoms with Crippen LogP contribution in [0, 0.1) is 0 Å². The van der Waals surface area contributed by atoms with Gasteiger partial charge in [0.15, 0.2) is 0 Å². The zero-order valence-electron chi connectivity index (χ0n) is 12.6. The van der Waals surface area contributed by atoms with E-state index >= 15 is 0 Å². The molecule has 0 spiro atoms. The first-order valence-electron chi connectivity index (χ1n) is 7.00. The molecule has 116 valence electrons. The van der Waals surface area contributed by atoms with Crippen LogP contribution in [0.1, 0.15) is 18.2 Å². The highest BCUT2D eigenvalue weighted by Gasteiger charge is 2.04. The van der Waals surface area contributed by atoms with Crippen molar-refractivity contribution in [1.82, 2.24) is 5.43 Å². The first-order chi connectivity index (χ1) is 10.7. The molecule has 0 aliphatic heterocycles. The van der Waals surface area contributed by atoms with Gasteiger partial charge in [-0.15, -0.1) is 11.3 Å². The lowest BCUT2D eigenvalue weighted by molar-refractivity contribution is -0.119. The van der Waals surface area contributed by atoms with E-state index in [0.29, 0.717) is 0 Å². The van der Waals surface area contributed by atoms with Crippen LogP contribution in [0.25, 0.3) is 0 Å². The highest BCUT2D eigenvalue weighted by atomic mass is 32.1. The number of anilines is 1. The second-order valence-electron chi connectivity index (χ2n) is 4.51. The van der Waals surface area contributed by atoms with Gasteiger partial charge in [0, 0.05) is 11.8 Å². The van der Waals surface area contributed by atoms with Gasteiger partial charge in [-0.05, 0) is 30.0 Å². The van der Waals surface area contributed by atoms with Crippen LogP contribution in [0.3, 0.4) is 0 Å². The van der Waals surface area contributed by atoms with E-state index in [1.807, 2.05) is 48.7 Å². The summed E-state index contributed by atoms with van der Waals surface area (Å²) in [4.78, 5) is 12.9. The fraction of sp³-hybridized carbons (Fsp3) is 0.250. The van der Waals surface area contributed by atoms with Gasteiger partial charge in [0.05, 0.1) is 24.2 Å². The fourth-order valence-corrected chi connectivity index (χ4v) is 2.62. The number of nitrogens with one attached hydrogen (secondary N) is 2. The first kappa shape index (κ1) is 16.0. The molecule has 2 aromatic rings. The van der Waals surface area contributed by atoms with Crippen molar-refractivity contribution in [3.63, 3.8) is 0 Å². The van der Waals surface area contributed by atoms with E-state index in [9.17, 15) is 4.79 Å². The quantitative estimate of drug-likeness (QED) is 0.609. The monoisotopic (exact) mass is 317 g/mol. The van der Waals surface area contributed by atoms with Crippen LogP contribution in [0.2, 0.25) is 0 Å². The van der Waals surface area contributed by atoms with Gasteiger partial charge in [0.25, 0.3) is 5.91 Å². The molecule has 2 rings (SSSR count). The number of thiophene rings is 1. The lowest BCUT2D eigenvalue weighted by atomic mass is 10.2. The minimum Gasteiger partial charge on any atom is -0.497 e. The Hall–Kier alpha value is -2.34. The zero-order valence-corrected chi connectivity index (χ0v) is 13.4. The largest absolute Gasteiger partial charge is 0.497 e. The lowest BCUT2D eigenvalue weighted by Gasteiger charge is -2.07. The Morgan fingerprint density at radius 2 is 2.18 bits per heavy atom. The molecule has 0 saturated carbocycles. The van der Waals surface area contributed by atoms with Crippen molar-refractivity contribution in [3.05, 3.63) is 46.7 Å². The van der Waals surface area contributed by atoms with Crippen LogP contribution in [-0.4, -0.2) is 25.3 Å². The van der Waals surface area contributed by atoms with Gasteiger partial charge in [-0.25, -0.2) is 5.43 Å². The van der Waals surface area contributed by atoms with Crippen LogP contribution in [0.5, 0.6) is 5.75 Å². The molecule has 0 aliphatic carbocycles. The van der Waals surface area contributed by atoms with Crippen molar-refractivity contribution in [1.29, 1.82) is 0 Å². The maximum Gasteiger partial charge on any atom is 0.259 e. The number of hydrogen-bond donors (Lipinski definition) is 2. The molecule has 0 bridgehead atoms. The first-order valence-corrected chi connectivity index (χ1v) is 7.88. The molecule has 1 aromatic carbocycles. The zero-order chi connectivity index (χ0) is 15.8. The topological polar surface area (TPSA) is 62.7 Å². The minimum atomic E-state index is -0.190. The molecule has 0 radical (unpaired) electrons. The third kappa shape index (κ3) is 4.60. The molecule has 5 nitrogen and oxygen atoms in total. The van der Waals surface area contributed by atoms with Gasteiger partial charge in [-0.2, -0.15) is 5.10 Å². The normalized spacial score (nSPS) is 11.1. The maximum absolute atomic E-state index is 11.9. The van der Waals surface area contributed by atoms with Crippen molar-refractivity contribution in [2.45, 2.75) is 13.3 Å². The fourth-order valence-electron chi connectivity index (χ4n) is 1.84. The SMILES string of the molecule is CC/C(=N/NC(=O)CNc1cccc(OC)c1)c1cccs1. The molecule has 0 saturated heterocycles. The Balaban J connectivity index is 1.87. The summed E-state index contributed by atoms with van der Waals surface area (Å²) >= 11 is 1.61. The highest BCUT2D eigenvalue weighted by Crippen LogP contribution is 2.16. The van der Waals surface area contributed by atoms with Crippen molar-refractivity contribution < 1.29 is 9.53 Å². The van der Waals surface area contributed by atoms with Gasteiger partial charge >= 0.3 is 0 Å². The van der Waals surface area contributed by atoms with E-state index < -0.39 is 0 Å². The molecular formula is C16H19N3O2S. The Kier molecular flexibility index (Phi) is 5.97.